The van der Waals surface area contributed by atoms with Gasteiger partial charge in [-0.3, -0.25) is 9.59 Å². The van der Waals surface area contributed by atoms with Gasteiger partial charge < -0.3 is 18.8 Å². The summed E-state index contributed by atoms with van der Waals surface area (Å²) in [5.41, 5.74) is 2.53. The van der Waals surface area contributed by atoms with E-state index in [9.17, 15) is 9.59 Å². The summed E-state index contributed by atoms with van der Waals surface area (Å²) in [6.45, 7) is 6.56. The second kappa shape index (κ2) is 9.48. The van der Waals surface area contributed by atoms with Gasteiger partial charge >= 0.3 is 0 Å². The van der Waals surface area contributed by atoms with Crippen molar-refractivity contribution in [2.24, 2.45) is 7.05 Å². The number of rotatable bonds is 8. The van der Waals surface area contributed by atoms with Gasteiger partial charge in [0.05, 0.1) is 19.4 Å². The van der Waals surface area contributed by atoms with Crippen molar-refractivity contribution in [3.05, 3.63) is 83.6 Å². The average Bonchev–Trinajstić information content (AvgIpc) is 3.37. The maximum Gasteiger partial charge on any atom is 0.254 e. The van der Waals surface area contributed by atoms with E-state index >= 15 is 0 Å². The minimum Gasteiger partial charge on any atom is -0.467 e. The highest BCUT2D eigenvalue weighted by Crippen LogP contribution is 2.16. The number of carbonyl (C=O) groups is 2. The number of nitrogens with zero attached hydrogens (tertiary/aromatic N) is 3. The third-order valence-electron chi connectivity index (χ3n) is 5.25. The first-order chi connectivity index (χ1) is 14.4. The predicted octanol–water partition coefficient (Wildman–Crippen LogP) is 4.01. The lowest BCUT2D eigenvalue weighted by atomic mass is 10.1. The lowest BCUT2D eigenvalue weighted by molar-refractivity contribution is -0.133. The van der Waals surface area contributed by atoms with Crippen molar-refractivity contribution in [1.29, 1.82) is 0 Å². The highest BCUT2D eigenvalue weighted by atomic mass is 16.3. The molecule has 3 rings (SSSR count). The molecule has 0 aliphatic rings. The SMILES string of the molecule is Cc1ccccc1C(=O)N(CC(=O)N(Cc1ccco1)Cc1cccn1C)C(C)C. The molecule has 0 aliphatic carbocycles. The molecule has 30 heavy (non-hydrogen) atoms. The smallest absolute Gasteiger partial charge is 0.254 e. The Labute approximate surface area is 177 Å². The first-order valence-electron chi connectivity index (χ1n) is 10.1. The summed E-state index contributed by atoms with van der Waals surface area (Å²) in [4.78, 5) is 29.9. The number of furan rings is 1. The van der Waals surface area contributed by atoms with Crippen LogP contribution in [-0.4, -0.2) is 38.8 Å². The van der Waals surface area contributed by atoms with E-state index in [0.29, 0.717) is 24.4 Å². The molecule has 3 aromatic rings. The summed E-state index contributed by atoms with van der Waals surface area (Å²) >= 11 is 0. The molecule has 0 atom stereocenters. The maximum atomic E-state index is 13.3. The number of aromatic nitrogens is 1. The lowest BCUT2D eigenvalue weighted by Crippen LogP contribution is -2.45. The van der Waals surface area contributed by atoms with Crippen molar-refractivity contribution >= 4 is 11.8 Å². The molecule has 0 unspecified atom stereocenters. The molecule has 2 amide bonds. The standard InChI is InChI=1S/C24H29N3O3/c1-18(2)27(24(29)22-12-6-5-9-19(22)3)17-23(28)26(16-21-11-8-14-30-21)15-20-10-7-13-25(20)4/h5-14,18H,15-17H2,1-4H3. The molecule has 158 valence electrons. The van der Waals surface area contributed by atoms with E-state index < -0.39 is 0 Å². The maximum absolute atomic E-state index is 13.3. The Morgan fingerprint density at radius 3 is 2.40 bits per heavy atom. The van der Waals surface area contributed by atoms with E-state index in [-0.39, 0.29) is 24.4 Å². The van der Waals surface area contributed by atoms with Crippen LogP contribution < -0.4 is 0 Å². The van der Waals surface area contributed by atoms with Gasteiger partial charge in [-0.2, -0.15) is 0 Å². The van der Waals surface area contributed by atoms with Crippen LogP contribution in [0.5, 0.6) is 0 Å². The Balaban J connectivity index is 1.82. The minimum atomic E-state index is -0.131. The molecule has 0 bridgehead atoms. The summed E-state index contributed by atoms with van der Waals surface area (Å²) in [5, 5.41) is 0. The van der Waals surface area contributed by atoms with Gasteiger partial charge in [-0.25, -0.2) is 0 Å². The fourth-order valence-electron chi connectivity index (χ4n) is 3.38. The fourth-order valence-corrected chi connectivity index (χ4v) is 3.38. The normalized spacial score (nSPS) is 11.0. The fraction of sp³-hybridized carbons (Fsp3) is 0.333. The van der Waals surface area contributed by atoms with Crippen LogP contribution in [0.4, 0.5) is 0 Å². The number of carbonyl (C=O) groups excluding carboxylic acids is 2. The Kier molecular flexibility index (Phi) is 6.77. The summed E-state index contributed by atoms with van der Waals surface area (Å²) in [5.74, 6) is 0.454. The summed E-state index contributed by atoms with van der Waals surface area (Å²) in [6, 6.07) is 15.0. The first-order valence-corrected chi connectivity index (χ1v) is 10.1. The molecule has 0 spiro atoms. The van der Waals surface area contributed by atoms with Crippen LogP contribution in [0.1, 0.15) is 41.2 Å². The molecule has 1 aromatic carbocycles. The highest BCUT2D eigenvalue weighted by molar-refractivity contribution is 5.97. The van der Waals surface area contributed by atoms with Gasteiger partial charge in [0, 0.05) is 30.5 Å². The van der Waals surface area contributed by atoms with Crippen LogP contribution >= 0.6 is 0 Å². The average molecular weight is 408 g/mol. The zero-order valence-corrected chi connectivity index (χ0v) is 18.0. The second-order valence-corrected chi connectivity index (χ2v) is 7.78. The monoisotopic (exact) mass is 407 g/mol. The van der Waals surface area contributed by atoms with Crippen molar-refractivity contribution in [3.63, 3.8) is 0 Å². The van der Waals surface area contributed by atoms with Gasteiger partial charge in [-0.05, 0) is 56.7 Å². The van der Waals surface area contributed by atoms with Gasteiger partial charge in [0.2, 0.25) is 5.91 Å². The van der Waals surface area contributed by atoms with E-state index in [0.717, 1.165) is 11.3 Å². The molecule has 2 heterocycles. The Morgan fingerprint density at radius 2 is 1.80 bits per heavy atom. The van der Waals surface area contributed by atoms with Gasteiger partial charge in [-0.15, -0.1) is 0 Å². The number of amides is 2. The number of hydrogen-bond acceptors (Lipinski definition) is 3. The molecular formula is C24H29N3O3. The molecule has 0 saturated heterocycles. The summed E-state index contributed by atoms with van der Waals surface area (Å²) in [7, 11) is 1.95. The zero-order chi connectivity index (χ0) is 21.7. The second-order valence-electron chi connectivity index (χ2n) is 7.78. The quantitative estimate of drug-likeness (QED) is 0.567. The van der Waals surface area contributed by atoms with E-state index in [1.807, 2.05) is 87.1 Å². The van der Waals surface area contributed by atoms with E-state index in [4.69, 9.17) is 4.42 Å². The Hall–Kier alpha value is -3.28. The molecule has 0 aliphatic heterocycles. The minimum absolute atomic E-state index is 0.00989. The molecule has 6 nitrogen and oxygen atoms in total. The third-order valence-corrected chi connectivity index (χ3v) is 5.25. The zero-order valence-electron chi connectivity index (χ0n) is 18.0. The van der Waals surface area contributed by atoms with Gasteiger partial charge in [0.1, 0.15) is 12.3 Å². The van der Waals surface area contributed by atoms with Gasteiger partial charge in [-0.1, -0.05) is 18.2 Å². The van der Waals surface area contributed by atoms with Gasteiger partial charge in [0.25, 0.3) is 5.91 Å². The lowest BCUT2D eigenvalue weighted by Gasteiger charge is -2.30. The molecule has 6 heteroatoms. The van der Waals surface area contributed by atoms with Crippen molar-refractivity contribution < 1.29 is 14.0 Å². The highest BCUT2D eigenvalue weighted by Gasteiger charge is 2.26. The van der Waals surface area contributed by atoms with Crippen LogP contribution in [0, 0.1) is 6.92 Å². The molecule has 0 saturated carbocycles. The molecular weight excluding hydrogens is 378 g/mol. The first kappa shape index (κ1) is 21.4. The largest absolute Gasteiger partial charge is 0.467 e. The van der Waals surface area contributed by atoms with Crippen LogP contribution in [0.25, 0.3) is 0 Å². The topological polar surface area (TPSA) is 58.7 Å². The van der Waals surface area contributed by atoms with E-state index in [1.54, 1.807) is 16.1 Å². The predicted molar refractivity (Wildman–Crippen MR) is 116 cm³/mol. The van der Waals surface area contributed by atoms with E-state index in [1.165, 1.54) is 0 Å². The van der Waals surface area contributed by atoms with Crippen molar-refractivity contribution in [2.75, 3.05) is 6.54 Å². The summed E-state index contributed by atoms with van der Waals surface area (Å²) < 4.78 is 7.45. The molecule has 2 aromatic heterocycles. The number of benzene rings is 1. The number of aryl methyl sites for hydroxylation is 2. The summed E-state index contributed by atoms with van der Waals surface area (Å²) in [6.07, 6.45) is 3.55. The third kappa shape index (κ3) is 5.00. The van der Waals surface area contributed by atoms with Gasteiger partial charge in [0.15, 0.2) is 0 Å². The van der Waals surface area contributed by atoms with Crippen LogP contribution in [0.15, 0.2) is 65.4 Å². The Morgan fingerprint density at radius 1 is 1.03 bits per heavy atom. The molecule has 0 radical (unpaired) electrons. The van der Waals surface area contributed by atoms with E-state index in [2.05, 4.69) is 0 Å². The van der Waals surface area contributed by atoms with Crippen molar-refractivity contribution in [2.45, 2.75) is 39.9 Å². The number of hydrogen-bond donors (Lipinski definition) is 0. The van der Waals surface area contributed by atoms with Crippen molar-refractivity contribution in [1.82, 2.24) is 14.4 Å². The van der Waals surface area contributed by atoms with Crippen LogP contribution in [-0.2, 0) is 24.9 Å². The van der Waals surface area contributed by atoms with Crippen LogP contribution in [0.2, 0.25) is 0 Å². The molecule has 0 N–H and O–H groups in total. The molecule has 0 fully saturated rings. The van der Waals surface area contributed by atoms with Crippen LogP contribution in [0.3, 0.4) is 0 Å². The Bertz CT molecular complexity index is 989. The van der Waals surface area contributed by atoms with Crippen molar-refractivity contribution in [3.8, 4) is 0 Å².